The number of nitriles is 1. The average molecular weight is 750 g/mol. The largest absolute Gasteiger partial charge is 0.417 e. The molecule has 0 aliphatic rings. The number of hydrogen-bond donors (Lipinski definition) is 1. The van der Waals surface area contributed by atoms with E-state index in [4.69, 9.17) is 5.73 Å². The molecule has 0 unspecified atom stereocenters. The second-order valence-corrected chi connectivity index (χ2v) is 11.8. The highest BCUT2D eigenvalue weighted by Gasteiger charge is 2.37. The lowest BCUT2D eigenvalue weighted by Gasteiger charge is -2.12. The molecule has 2 N–H and O–H groups in total. The van der Waals surface area contributed by atoms with Crippen LogP contribution in [-0.2, 0) is 26.4 Å². The minimum absolute atomic E-state index is 0.0133. The summed E-state index contributed by atoms with van der Waals surface area (Å²) in [7, 11) is 3.13. The number of aryl methyl sites for hydroxylation is 2. The van der Waals surface area contributed by atoms with Gasteiger partial charge in [0.05, 0.1) is 33.2 Å². The van der Waals surface area contributed by atoms with Crippen molar-refractivity contribution >= 4 is 43.7 Å². The first-order valence-corrected chi connectivity index (χ1v) is 15.4. The summed E-state index contributed by atoms with van der Waals surface area (Å²) in [6.45, 7) is 0. The number of benzene rings is 3. The van der Waals surface area contributed by atoms with Crippen molar-refractivity contribution in [3.05, 3.63) is 112 Å². The molecule has 4 aromatic heterocycles. The normalized spacial score (nSPS) is 11.8. The number of fused-ring (bicyclic) bond motifs is 2. The van der Waals surface area contributed by atoms with Crippen LogP contribution >= 0.6 is 15.9 Å². The van der Waals surface area contributed by atoms with E-state index in [0.29, 0.717) is 16.7 Å². The van der Waals surface area contributed by atoms with Gasteiger partial charge in [-0.1, -0.05) is 66.7 Å². The Hall–Kier alpha value is -5.75. The van der Waals surface area contributed by atoms with Crippen molar-refractivity contribution < 1.29 is 26.3 Å². The van der Waals surface area contributed by atoms with Gasteiger partial charge in [-0.25, -0.2) is 19.3 Å². The average Bonchev–Trinajstić information content (AvgIpc) is 3.60. The molecule has 7 rings (SSSR count). The molecule has 8 nitrogen and oxygen atoms in total. The summed E-state index contributed by atoms with van der Waals surface area (Å²) in [6, 6.07) is 25.8. The molecule has 0 bridgehead atoms. The molecule has 0 saturated carbocycles. The fraction of sp³-hybridized carbons (Fsp3) is 0.114. The van der Waals surface area contributed by atoms with Gasteiger partial charge in [-0.05, 0) is 40.2 Å². The minimum Gasteiger partial charge on any atom is -0.398 e. The predicted octanol–water partition coefficient (Wildman–Crippen LogP) is 9.19. The van der Waals surface area contributed by atoms with Gasteiger partial charge in [0, 0.05) is 36.5 Å². The van der Waals surface area contributed by atoms with Gasteiger partial charge in [-0.15, -0.1) is 0 Å². The molecule has 0 saturated heterocycles. The zero-order valence-corrected chi connectivity index (χ0v) is 27.6. The Balaban J connectivity index is 0.000000182. The Morgan fingerprint density at radius 2 is 1.14 bits per heavy atom. The molecule has 0 fully saturated rings. The molecule has 0 amide bonds. The van der Waals surface area contributed by atoms with E-state index in [9.17, 15) is 31.6 Å². The fourth-order valence-corrected chi connectivity index (χ4v) is 5.86. The van der Waals surface area contributed by atoms with Gasteiger partial charge < -0.3 is 5.73 Å². The van der Waals surface area contributed by atoms with Crippen LogP contribution in [0.15, 0.2) is 95.6 Å². The number of anilines is 1. The van der Waals surface area contributed by atoms with E-state index in [1.807, 2.05) is 6.07 Å². The molecule has 15 heteroatoms. The highest BCUT2D eigenvalue weighted by Crippen LogP contribution is 2.42. The van der Waals surface area contributed by atoms with Crippen LogP contribution in [0.1, 0.15) is 16.7 Å². The Kier molecular flexibility index (Phi) is 8.83. The lowest BCUT2D eigenvalue weighted by atomic mass is 10.0. The molecular weight excluding hydrogens is 726 g/mol. The smallest absolute Gasteiger partial charge is 0.398 e. The molecule has 7 aromatic rings. The fourth-order valence-electron chi connectivity index (χ4n) is 5.47. The second-order valence-electron chi connectivity index (χ2n) is 11.0. The molecule has 0 radical (unpaired) electrons. The van der Waals surface area contributed by atoms with Gasteiger partial charge in [0.1, 0.15) is 22.1 Å². The molecule has 0 aliphatic carbocycles. The van der Waals surface area contributed by atoms with Crippen molar-refractivity contribution in [1.82, 2.24) is 29.5 Å². The van der Waals surface area contributed by atoms with Crippen LogP contribution < -0.4 is 5.73 Å². The first-order chi connectivity index (χ1) is 23.7. The zero-order chi connectivity index (χ0) is 36.0. The van der Waals surface area contributed by atoms with E-state index >= 15 is 0 Å². The second kappa shape index (κ2) is 12.9. The lowest BCUT2D eigenvalue weighted by molar-refractivity contribution is -0.137. The summed E-state index contributed by atoms with van der Waals surface area (Å²) in [5.41, 5.74) is 6.99. The van der Waals surface area contributed by atoms with Crippen LogP contribution in [0.3, 0.4) is 0 Å². The molecule has 4 heterocycles. The molecule has 0 spiro atoms. The van der Waals surface area contributed by atoms with Crippen molar-refractivity contribution in [2.24, 2.45) is 14.1 Å². The summed E-state index contributed by atoms with van der Waals surface area (Å²) < 4.78 is 84.7. The third kappa shape index (κ3) is 6.49. The first-order valence-electron chi connectivity index (χ1n) is 14.6. The molecular formula is C35H23BrF6N8. The SMILES string of the molecule is Cn1nc(-c2ccccc2)c2c(C(F)(F)F)cc(-c3ccc(N)c(C#N)c3)nc21.Cn1nc(-c2ccccc2)c2c(C(F)(F)F)cc(Br)nc21. The summed E-state index contributed by atoms with van der Waals surface area (Å²) in [5.74, 6) is 0. The van der Waals surface area contributed by atoms with E-state index in [1.165, 1.54) is 21.5 Å². The lowest BCUT2D eigenvalue weighted by Crippen LogP contribution is -2.08. The maximum Gasteiger partial charge on any atom is 0.417 e. The third-order valence-corrected chi connectivity index (χ3v) is 8.14. The van der Waals surface area contributed by atoms with Crippen LogP contribution in [0.25, 0.3) is 55.8 Å². The number of halogens is 7. The van der Waals surface area contributed by atoms with Gasteiger partial charge in [0.2, 0.25) is 0 Å². The van der Waals surface area contributed by atoms with Gasteiger partial charge in [0.25, 0.3) is 0 Å². The number of nitrogen functional groups attached to an aromatic ring is 1. The van der Waals surface area contributed by atoms with Crippen molar-refractivity contribution in [1.29, 1.82) is 5.26 Å². The first kappa shape index (κ1) is 34.1. The highest BCUT2D eigenvalue weighted by atomic mass is 79.9. The summed E-state index contributed by atoms with van der Waals surface area (Å²) in [6.07, 6.45) is -9.09. The molecule has 0 aliphatic heterocycles. The number of rotatable bonds is 3. The van der Waals surface area contributed by atoms with Crippen LogP contribution in [0.2, 0.25) is 0 Å². The van der Waals surface area contributed by atoms with Crippen molar-refractivity contribution in [3.8, 4) is 39.8 Å². The molecule has 0 atom stereocenters. The van der Waals surface area contributed by atoms with E-state index in [1.54, 1.807) is 80.8 Å². The van der Waals surface area contributed by atoms with E-state index < -0.39 is 23.5 Å². The Bertz CT molecular complexity index is 2410. The quantitative estimate of drug-likeness (QED) is 0.110. The Labute approximate surface area is 288 Å². The molecule has 252 valence electrons. The third-order valence-electron chi connectivity index (χ3n) is 7.73. The van der Waals surface area contributed by atoms with Gasteiger partial charge in [0.15, 0.2) is 11.3 Å². The topological polar surface area (TPSA) is 111 Å². The number of aromatic nitrogens is 6. The summed E-state index contributed by atoms with van der Waals surface area (Å²) in [5, 5.41) is 17.6. The summed E-state index contributed by atoms with van der Waals surface area (Å²) >= 11 is 3.02. The van der Waals surface area contributed by atoms with Crippen molar-refractivity contribution in [2.45, 2.75) is 12.4 Å². The van der Waals surface area contributed by atoms with Crippen LogP contribution in [0.4, 0.5) is 32.0 Å². The van der Waals surface area contributed by atoms with E-state index in [2.05, 4.69) is 36.1 Å². The number of nitrogens with two attached hydrogens (primary N) is 1. The van der Waals surface area contributed by atoms with E-state index in [0.717, 1.165) is 12.1 Å². The monoisotopic (exact) mass is 748 g/mol. The maximum atomic E-state index is 14.0. The van der Waals surface area contributed by atoms with Crippen LogP contribution in [0, 0.1) is 11.3 Å². The van der Waals surface area contributed by atoms with E-state index in [-0.39, 0.29) is 55.0 Å². The van der Waals surface area contributed by atoms with Gasteiger partial charge in [-0.3, -0.25) is 0 Å². The number of hydrogen-bond acceptors (Lipinski definition) is 6. The maximum absolute atomic E-state index is 14.0. The molecule has 3 aromatic carbocycles. The highest BCUT2D eigenvalue weighted by molar-refractivity contribution is 9.10. The molecule has 50 heavy (non-hydrogen) atoms. The number of pyridine rings is 2. The number of alkyl halides is 6. The minimum atomic E-state index is -4.62. The Morgan fingerprint density at radius 1 is 0.660 bits per heavy atom. The Morgan fingerprint density at radius 3 is 1.62 bits per heavy atom. The predicted molar refractivity (Wildman–Crippen MR) is 180 cm³/mol. The standard InChI is InChI=1S/C21H14F3N5.C14H9BrF3N3/c1-29-20-18(19(28-29)12-5-3-2-4-6-12)15(21(22,23)24)10-17(27-20)13-7-8-16(26)14(9-13)11-25;1-21-13-11(9(14(16,17)18)7-10(15)19-13)12(20-21)8-5-3-2-4-6-8/h2-10H,26H2,1H3;2-7H,1H3. The van der Waals surface area contributed by atoms with Crippen molar-refractivity contribution in [2.75, 3.05) is 5.73 Å². The van der Waals surface area contributed by atoms with Gasteiger partial charge in [-0.2, -0.15) is 41.8 Å². The van der Waals surface area contributed by atoms with Gasteiger partial charge >= 0.3 is 12.4 Å². The summed E-state index contributed by atoms with van der Waals surface area (Å²) in [4.78, 5) is 8.53. The number of nitrogens with zero attached hydrogens (tertiary/aromatic N) is 7. The van der Waals surface area contributed by atoms with Crippen LogP contribution in [0.5, 0.6) is 0 Å². The van der Waals surface area contributed by atoms with Crippen LogP contribution in [-0.4, -0.2) is 29.5 Å². The van der Waals surface area contributed by atoms with Crippen molar-refractivity contribution in [3.63, 3.8) is 0 Å². The zero-order valence-electron chi connectivity index (χ0n) is 26.0.